The Bertz CT molecular complexity index is 894. The maximum atomic E-state index is 12.2. The van der Waals surface area contributed by atoms with Crippen LogP contribution in [0.3, 0.4) is 0 Å². The molecule has 114 valence electrons. The highest BCUT2D eigenvalue weighted by Gasteiger charge is 2.16. The molecule has 1 unspecified atom stereocenters. The second-order valence-electron chi connectivity index (χ2n) is 5.44. The van der Waals surface area contributed by atoms with Gasteiger partial charge < -0.3 is 9.88 Å². The first-order valence-corrected chi connectivity index (χ1v) is 7.35. The SMILES string of the molecule is CCC(C)NC(=O)Cn1c2ccccc2c2cn[nH]c(=O)c21. The van der Waals surface area contributed by atoms with E-state index in [1.54, 1.807) is 10.8 Å². The van der Waals surface area contributed by atoms with E-state index in [1.807, 2.05) is 38.1 Å². The minimum absolute atomic E-state index is 0.104. The lowest BCUT2D eigenvalue weighted by molar-refractivity contribution is -0.122. The third-order valence-corrected chi connectivity index (χ3v) is 3.91. The number of fused-ring (bicyclic) bond motifs is 3. The summed E-state index contributed by atoms with van der Waals surface area (Å²) in [7, 11) is 0. The molecule has 6 nitrogen and oxygen atoms in total. The monoisotopic (exact) mass is 298 g/mol. The average molecular weight is 298 g/mol. The van der Waals surface area contributed by atoms with E-state index in [0.29, 0.717) is 5.52 Å². The van der Waals surface area contributed by atoms with Crippen molar-refractivity contribution in [1.82, 2.24) is 20.1 Å². The molecular weight excluding hydrogens is 280 g/mol. The van der Waals surface area contributed by atoms with Crippen molar-refractivity contribution in [2.24, 2.45) is 0 Å². The minimum atomic E-state index is -0.287. The van der Waals surface area contributed by atoms with Crippen LogP contribution >= 0.6 is 0 Å². The summed E-state index contributed by atoms with van der Waals surface area (Å²) >= 11 is 0. The van der Waals surface area contributed by atoms with E-state index in [4.69, 9.17) is 0 Å². The Morgan fingerprint density at radius 1 is 1.36 bits per heavy atom. The molecule has 0 saturated heterocycles. The van der Waals surface area contributed by atoms with Gasteiger partial charge in [0.2, 0.25) is 5.91 Å². The minimum Gasteiger partial charge on any atom is -0.352 e. The zero-order valence-corrected chi connectivity index (χ0v) is 12.6. The number of carbonyl (C=O) groups is 1. The average Bonchev–Trinajstić information content (AvgIpc) is 2.83. The summed E-state index contributed by atoms with van der Waals surface area (Å²) in [6.07, 6.45) is 2.49. The lowest BCUT2D eigenvalue weighted by Gasteiger charge is -2.12. The molecule has 1 amide bonds. The molecule has 3 rings (SSSR count). The van der Waals surface area contributed by atoms with Gasteiger partial charge in [0.25, 0.3) is 5.56 Å². The summed E-state index contributed by atoms with van der Waals surface area (Å²) in [5.74, 6) is -0.104. The third kappa shape index (κ3) is 2.36. The first-order chi connectivity index (χ1) is 10.6. The molecule has 0 bridgehead atoms. The van der Waals surface area contributed by atoms with Gasteiger partial charge in [0.05, 0.1) is 6.20 Å². The molecule has 3 aromatic rings. The van der Waals surface area contributed by atoms with Crippen molar-refractivity contribution in [2.45, 2.75) is 32.9 Å². The molecular formula is C16H18N4O2. The number of nitrogens with one attached hydrogen (secondary N) is 2. The van der Waals surface area contributed by atoms with Gasteiger partial charge in [-0.3, -0.25) is 9.59 Å². The number of aromatic nitrogens is 3. The van der Waals surface area contributed by atoms with E-state index in [9.17, 15) is 9.59 Å². The molecule has 2 aromatic heterocycles. The number of para-hydroxylation sites is 1. The molecule has 2 heterocycles. The lowest BCUT2D eigenvalue weighted by atomic mass is 10.2. The topological polar surface area (TPSA) is 79.8 Å². The molecule has 0 radical (unpaired) electrons. The summed E-state index contributed by atoms with van der Waals surface area (Å²) in [5.41, 5.74) is 1.05. The van der Waals surface area contributed by atoms with Crippen LogP contribution < -0.4 is 10.9 Å². The Morgan fingerprint density at radius 2 is 2.14 bits per heavy atom. The molecule has 6 heteroatoms. The second-order valence-corrected chi connectivity index (χ2v) is 5.44. The van der Waals surface area contributed by atoms with E-state index >= 15 is 0 Å². The number of nitrogens with zero attached hydrogens (tertiary/aromatic N) is 2. The fourth-order valence-corrected chi connectivity index (χ4v) is 2.64. The Balaban J connectivity index is 2.14. The van der Waals surface area contributed by atoms with Crippen LogP contribution in [0.25, 0.3) is 21.8 Å². The van der Waals surface area contributed by atoms with Gasteiger partial charge in [-0.05, 0) is 19.4 Å². The van der Waals surface area contributed by atoms with Crippen molar-refractivity contribution in [3.05, 3.63) is 40.8 Å². The largest absolute Gasteiger partial charge is 0.352 e. The molecule has 0 fully saturated rings. The molecule has 0 aliphatic rings. The van der Waals surface area contributed by atoms with Gasteiger partial charge >= 0.3 is 0 Å². The fraction of sp³-hybridized carbons (Fsp3) is 0.312. The van der Waals surface area contributed by atoms with Gasteiger partial charge in [0, 0.05) is 22.3 Å². The maximum Gasteiger partial charge on any atom is 0.288 e. The number of amides is 1. The van der Waals surface area contributed by atoms with Crippen LogP contribution in [0.15, 0.2) is 35.3 Å². The first-order valence-electron chi connectivity index (χ1n) is 7.35. The summed E-state index contributed by atoms with van der Waals surface area (Å²) in [6, 6.07) is 7.76. The van der Waals surface area contributed by atoms with Crippen LogP contribution in [-0.2, 0) is 11.3 Å². The number of aromatic amines is 1. The predicted molar refractivity (Wildman–Crippen MR) is 85.8 cm³/mol. The van der Waals surface area contributed by atoms with Crippen molar-refractivity contribution in [2.75, 3.05) is 0 Å². The Kier molecular flexibility index (Phi) is 3.66. The number of rotatable bonds is 4. The molecule has 0 spiro atoms. The van der Waals surface area contributed by atoms with Crippen LogP contribution in [0.2, 0.25) is 0 Å². The van der Waals surface area contributed by atoms with Crippen molar-refractivity contribution in [3.8, 4) is 0 Å². The number of hydrogen-bond acceptors (Lipinski definition) is 3. The van der Waals surface area contributed by atoms with Gasteiger partial charge in [0.15, 0.2) is 0 Å². The first kappa shape index (κ1) is 14.3. The molecule has 0 aliphatic heterocycles. The number of benzene rings is 1. The number of H-pyrrole nitrogens is 1. The summed E-state index contributed by atoms with van der Waals surface area (Å²) in [4.78, 5) is 24.4. The van der Waals surface area contributed by atoms with Crippen molar-refractivity contribution < 1.29 is 4.79 Å². The third-order valence-electron chi connectivity index (χ3n) is 3.91. The molecule has 22 heavy (non-hydrogen) atoms. The van der Waals surface area contributed by atoms with E-state index in [-0.39, 0.29) is 24.1 Å². The highest BCUT2D eigenvalue weighted by atomic mass is 16.2. The lowest BCUT2D eigenvalue weighted by Crippen LogP contribution is -2.34. The Labute approximate surface area is 127 Å². The molecule has 1 aromatic carbocycles. The van der Waals surface area contributed by atoms with Gasteiger partial charge in [0.1, 0.15) is 12.1 Å². The number of carbonyl (C=O) groups excluding carboxylic acids is 1. The molecule has 1 atom stereocenters. The fourth-order valence-electron chi connectivity index (χ4n) is 2.64. The smallest absolute Gasteiger partial charge is 0.288 e. The molecule has 0 saturated carbocycles. The van der Waals surface area contributed by atoms with Gasteiger partial charge in [-0.25, -0.2) is 5.10 Å². The second kappa shape index (κ2) is 5.63. The molecule has 0 aliphatic carbocycles. The van der Waals surface area contributed by atoms with Crippen LogP contribution in [0.5, 0.6) is 0 Å². The van der Waals surface area contributed by atoms with E-state index in [1.165, 1.54) is 0 Å². The van der Waals surface area contributed by atoms with Crippen LogP contribution in [0.1, 0.15) is 20.3 Å². The number of hydrogen-bond donors (Lipinski definition) is 2. The van der Waals surface area contributed by atoms with Gasteiger partial charge in [-0.15, -0.1) is 0 Å². The van der Waals surface area contributed by atoms with Crippen LogP contribution in [-0.4, -0.2) is 26.7 Å². The Morgan fingerprint density at radius 3 is 2.91 bits per heavy atom. The molecule has 2 N–H and O–H groups in total. The quantitative estimate of drug-likeness (QED) is 0.770. The van der Waals surface area contributed by atoms with Crippen LogP contribution in [0.4, 0.5) is 0 Å². The summed E-state index contributed by atoms with van der Waals surface area (Å²) in [6.45, 7) is 4.09. The maximum absolute atomic E-state index is 12.2. The van der Waals surface area contributed by atoms with Gasteiger partial charge in [-0.1, -0.05) is 25.1 Å². The highest BCUT2D eigenvalue weighted by Crippen LogP contribution is 2.25. The zero-order valence-electron chi connectivity index (χ0n) is 12.6. The zero-order chi connectivity index (χ0) is 15.7. The van der Waals surface area contributed by atoms with E-state index in [0.717, 1.165) is 22.7 Å². The van der Waals surface area contributed by atoms with Crippen molar-refractivity contribution in [1.29, 1.82) is 0 Å². The Hall–Kier alpha value is -2.63. The van der Waals surface area contributed by atoms with Crippen LogP contribution in [0, 0.1) is 0 Å². The predicted octanol–water partition coefficient (Wildman–Crippen LogP) is 1.79. The highest BCUT2D eigenvalue weighted by molar-refractivity contribution is 6.07. The summed E-state index contributed by atoms with van der Waals surface area (Å²) < 4.78 is 1.75. The van der Waals surface area contributed by atoms with E-state index < -0.39 is 0 Å². The normalized spacial score (nSPS) is 12.6. The van der Waals surface area contributed by atoms with E-state index in [2.05, 4.69) is 15.5 Å². The standard InChI is InChI=1S/C16H18N4O2/c1-3-10(2)18-14(21)9-20-13-7-5-4-6-11(13)12-8-17-19-16(22)15(12)20/h4-8,10H,3,9H2,1-2H3,(H,18,21)(H,19,22). The van der Waals surface area contributed by atoms with Gasteiger partial charge in [-0.2, -0.15) is 5.10 Å². The van der Waals surface area contributed by atoms with Crippen molar-refractivity contribution in [3.63, 3.8) is 0 Å². The summed E-state index contributed by atoms with van der Waals surface area (Å²) in [5, 5.41) is 10.9. The van der Waals surface area contributed by atoms with Crippen molar-refractivity contribution >= 4 is 27.7 Å².